The van der Waals surface area contributed by atoms with E-state index in [-0.39, 0.29) is 0 Å². The Hall–Kier alpha value is -0.700. The Morgan fingerprint density at radius 2 is 2.23 bits per heavy atom. The molecule has 2 rings (SSSR count). The molecule has 0 aromatic heterocycles. The first kappa shape index (κ1) is 8.88. The first-order valence-corrected chi connectivity index (χ1v) is 4.48. The molecule has 67 valence electrons. The van der Waals surface area contributed by atoms with Crippen LogP contribution in [-0.4, -0.2) is 6.61 Å². The van der Waals surface area contributed by atoms with Gasteiger partial charge in [0.2, 0.25) is 0 Å². The van der Waals surface area contributed by atoms with E-state index in [0.29, 0.717) is 22.3 Å². The molecule has 2 nitrogen and oxygen atoms in total. The predicted molar refractivity (Wildman–Crippen MR) is 52.9 cm³/mol. The Morgan fingerprint density at radius 1 is 1.38 bits per heavy atom. The summed E-state index contributed by atoms with van der Waals surface area (Å²) < 4.78 is 0. The third-order valence-corrected chi connectivity index (χ3v) is 2.00. The average molecular weight is 215 g/mol. The van der Waals surface area contributed by atoms with Crippen LogP contribution in [0.2, 0.25) is 10.0 Å². The summed E-state index contributed by atoms with van der Waals surface area (Å²) in [6, 6.07) is 6.29. The molecule has 0 unspecified atom stereocenters. The number of nitrogens with zero attached hydrogens (tertiary/aromatic N) is 1. The van der Waals surface area contributed by atoms with Crippen LogP contribution >= 0.6 is 23.2 Å². The van der Waals surface area contributed by atoms with Crippen molar-refractivity contribution in [2.45, 2.75) is 0 Å². The van der Waals surface area contributed by atoms with E-state index in [4.69, 9.17) is 28.0 Å². The van der Waals surface area contributed by atoms with Crippen molar-refractivity contribution in [3.05, 3.63) is 40.5 Å². The van der Waals surface area contributed by atoms with E-state index in [1.807, 2.05) is 6.08 Å². The first-order valence-electron chi connectivity index (χ1n) is 3.73. The van der Waals surface area contributed by atoms with Gasteiger partial charge in [-0.15, -0.1) is 0 Å². The standard InChI is InChI=1S/C9H6Cl2NO/c10-7-4-8(11)6-9(5-7)12-2-1-3-13-12/h1-2,4-5H,3H2. The molecule has 0 N–H and O–H groups in total. The molecule has 0 atom stereocenters. The van der Waals surface area contributed by atoms with Crippen molar-refractivity contribution in [3.63, 3.8) is 0 Å². The van der Waals surface area contributed by atoms with E-state index in [0.717, 1.165) is 0 Å². The first-order chi connectivity index (χ1) is 6.25. The summed E-state index contributed by atoms with van der Waals surface area (Å²) in [4.78, 5) is 5.22. The second kappa shape index (κ2) is 3.58. The monoisotopic (exact) mass is 214 g/mol. The van der Waals surface area contributed by atoms with Crippen LogP contribution in [0.3, 0.4) is 0 Å². The molecule has 0 aliphatic carbocycles. The Labute approximate surface area is 86.3 Å². The number of benzene rings is 1. The van der Waals surface area contributed by atoms with Gasteiger partial charge in [0.15, 0.2) is 0 Å². The minimum Gasteiger partial charge on any atom is -0.265 e. The minimum atomic E-state index is 0.478. The Morgan fingerprint density at radius 3 is 2.85 bits per heavy atom. The van der Waals surface area contributed by atoms with Gasteiger partial charge in [-0.2, -0.15) is 0 Å². The summed E-state index contributed by atoms with van der Waals surface area (Å²) in [5, 5.41) is 2.63. The maximum Gasteiger partial charge on any atom is 0.0952 e. The lowest BCUT2D eigenvalue weighted by atomic mass is 10.3. The van der Waals surface area contributed by atoms with Crippen LogP contribution in [0.1, 0.15) is 0 Å². The summed E-state index contributed by atoms with van der Waals surface area (Å²) in [6.07, 6.45) is 3.70. The van der Waals surface area contributed by atoms with Crippen molar-refractivity contribution < 1.29 is 4.84 Å². The van der Waals surface area contributed by atoms with Crippen molar-refractivity contribution in [2.24, 2.45) is 0 Å². The molecule has 1 aromatic carbocycles. The van der Waals surface area contributed by atoms with Gasteiger partial charge in [0.05, 0.1) is 17.3 Å². The van der Waals surface area contributed by atoms with E-state index < -0.39 is 0 Å². The van der Waals surface area contributed by atoms with Crippen LogP contribution in [0.15, 0.2) is 24.4 Å². The number of halogens is 2. The predicted octanol–water partition coefficient (Wildman–Crippen LogP) is 3.06. The number of hydroxylamine groups is 1. The van der Waals surface area contributed by atoms with Crippen molar-refractivity contribution in [2.75, 3.05) is 11.7 Å². The zero-order chi connectivity index (χ0) is 9.26. The van der Waals surface area contributed by atoms with Crippen molar-refractivity contribution >= 4 is 28.9 Å². The van der Waals surface area contributed by atoms with Gasteiger partial charge in [-0.05, 0) is 18.2 Å². The SMILES string of the molecule is Clc1[c]c(N2C=CCO2)cc(Cl)c1. The molecule has 1 aliphatic heterocycles. The molecular formula is C9H6Cl2NO. The fraction of sp³-hybridized carbons (Fsp3) is 0.111. The minimum absolute atomic E-state index is 0.478. The number of rotatable bonds is 1. The zero-order valence-electron chi connectivity index (χ0n) is 6.63. The third kappa shape index (κ3) is 1.97. The van der Waals surface area contributed by atoms with Gasteiger partial charge in [-0.1, -0.05) is 23.2 Å². The molecule has 1 aromatic rings. The molecule has 0 spiro atoms. The van der Waals surface area contributed by atoms with Crippen LogP contribution in [0.5, 0.6) is 0 Å². The van der Waals surface area contributed by atoms with E-state index in [9.17, 15) is 0 Å². The topological polar surface area (TPSA) is 12.5 Å². The molecule has 0 bridgehead atoms. The maximum atomic E-state index is 5.82. The largest absolute Gasteiger partial charge is 0.265 e. The van der Waals surface area contributed by atoms with Gasteiger partial charge in [0.1, 0.15) is 0 Å². The summed E-state index contributed by atoms with van der Waals surface area (Å²) in [7, 11) is 0. The zero-order valence-corrected chi connectivity index (χ0v) is 8.14. The lowest BCUT2D eigenvalue weighted by Gasteiger charge is -2.14. The lowest BCUT2D eigenvalue weighted by Crippen LogP contribution is -2.10. The van der Waals surface area contributed by atoms with E-state index in [1.165, 1.54) is 0 Å². The van der Waals surface area contributed by atoms with Crippen LogP contribution in [0, 0.1) is 6.07 Å². The fourth-order valence-corrected chi connectivity index (χ4v) is 1.54. The highest BCUT2D eigenvalue weighted by Gasteiger charge is 2.09. The van der Waals surface area contributed by atoms with Crippen molar-refractivity contribution in [3.8, 4) is 0 Å². The molecule has 13 heavy (non-hydrogen) atoms. The quantitative estimate of drug-likeness (QED) is 0.713. The van der Waals surface area contributed by atoms with E-state index in [1.54, 1.807) is 23.4 Å². The molecule has 0 amide bonds. The molecule has 4 heteroatoms. The summed E-state index contributed by atoms with van der Waals surface area (Å²) in [5.74, 6) is 0. The number of hydrogen-bond donors (Lipinski definition) is 0. The van der Waals surface area contributed by atoms with Gasteiger partial charge >= 0.3 is 0 Å². The van der Waals surface area contributed by atoms with Gasteiger partial charge in [-0.3, -0.25) is 4.84 Å². The van der Waals surface area contributed by atoms with E-state index >= 15 is 0 Å². The Kier molecular flexibility index (Phi) is 2.44. The highest BCUT2D eigenvalue weighted by Crippen LogP contribution is 2.26. The maximum absolute atomic E-state index is 5.82. The van der Waals surface area contributed by atoms with Gasteiger partial charge in [0.25, 0.3) is 0 Å². The van der Waals surface area contributed by atoms with Crippen molar-refractivity contribution in [1.29, 1.82) is 0 Å². The summed E-state index contributed by atoms with van der Waals surface area (Å²) >= 11 is 11.6. The fourth-order valence-electron chi connectivity index (χ4n) is 1.06. The second-order valence-electron chi connectivity index (χ2n) is 2.54. The van der Waals surface area contributed by atoms with Crippen LogP contribution in [0.4, 0.5) is 5.69 Å². The normalized spacial score (nSPS) is 15.4. The molecule has 0 saturated carbocycles. The number of anilines is 1. The molecule has 0 fully saturated rings. The van der Waals surface area contributed by atoms with E-state index in [2.05, 4.69) is 6.07 Å². The van der Waals surface area contributed by atoms with Crippen molar-refractivity contribution in [1.82, 2.24) is 0 Å². The number of hydrogen-bond acceptors (Lipinski definition) is 2. The smallest absolute Gasteiger partial charge is 0.0952 e. The highest BCUT2D eigenvalue weighted by atomic mass is 35.5. The highest BCUT2D eigenvalue weighted by molar-refractivity contribution is 6.34. The van der Waals surface area contributed by atoms with Crippen LogP contribution in [0.25, 0.3) is 0 Å². The lowest BCUT2D eigenvalue weighted by molar-refractivity contribution is 0.180. The summed E-state index contributed by atoms with van der Waals surface area (Å²) in [5.41, 5.74) is 0.714. The Bertz CT molecular complexity index is 331. The third-order valence-electron chi connectivity index (χ3n) is 1.57. The van der Waals surface area contributed by atoms with Crippen LogP contribution in [-0.2, 0) is 4.84 Å². The molecule has 0 saturated heterocycles. The molecule has 1 aliphatic rings. The van der Waals surface area contributed by atoms with Crippen LogP contribution < -0.4 is 5.06 Å². The van der Waals surface area contributed by atoms with Gasteiger partial charge < -0.3 is 0 Å². The molecular weight excluding hydrogens is 209 g/mol. The van der Waals surface area contributed by atoms with Gasteiger partial charge in [0, 0.05) is 17.3 Å². The molecule has 1 heterocycles. The Balaban J connectivity index is 2.34. The van der Waals surface area contributed by atoms with Gasteiger partial charge in [-0.25, -0.2) is 5.06 Å². The molecule has 1 radical (unpaired) electrons. The average Bonchev–Trinajstić information content (AvgIpc) is 2.53. The second-order valence-corrected chi connectivity index (χ2v) is 3.38. The summed E-state index contributed by atoms with van der Waals surface area (Å²) in [6.45, 7) is 0.567.